The van der Waals surface area contributed by atoms with Gasteiger partial charge in [-0.1, -0.05) is 30.3 Å². The summed E-state index contributed by atoms with van der Waals surface area (Å²) < 4.78 is 21.1. The van der Waals surface area contributed by atoms with Crippen LogP contribution in [0.4, 0.5) is 21.6 Å². The molecule has 2 aromatic carbocycles. The number of carbonyl (C=O) groups excluding carboxylic acids is 2. The fourth-order valence-electron chi connectivity index (χ4n) is 5.35. The molecule has 1 amide bonds. The Bertz CT molecular complexity index is 1550. The Morgan fingerprint density at radius 2 is 1.87 bits per heavy atom. The zero-order chi connectivity index (χ0) is 27.1. The topological polar surface area (TPSA) is 79.7 Å². The molecule has 198 valence electrons. The number of nitrogens with one attached hydrogen (secondary N) is 1. The van der Waals surface area contributed by atoms with Gasteiger partial charge in [0.25, 0.3) is 11.7 Å². The number of hydrogen-bond donors (Lipinski definition) is 1. The van der Waals surface area contributed by atoms with E-state index in [1.54, 1.807) is 29.8 Å². The quantitative estimate of drug-likeness (QED) is 0.307. The molecule has 2 aromatic heterocycles. The van der Waals surface area contributed by atoms with Crippen molar-refractivity contribution in [3.05, 3.63) is 90.1 Å². The number of fused-ring (bicyclic) bond motifs is 3. The minimum Gasteiger partial charge on any atom is -0.489 e. The molecule has 4 aromatic rings. The highest BCUT2D eigenvalue weighted by Crippen LogP contribution is 2.38. The van der Waals surface area contributed by atoms with Crippen molar-refractivity contribution in [1.82, 2.24) is 9.55 Å². The van der Waals surface area contributed by atoms with Crippen LogP contribution in [-0.2, 0) is 11.8 Å². The highest BCUT2D eigenvalue weighted by Gasteiger charge is 2.34. The van der Waals surface area contributed by atoms with Gasteiger partial charge >= 0.3 is 0 Å². The van der Waals surface area contributed by atoms with Crippen LogP contribution in [0.1, 0.15) is 16.2 Å². The Kier molecular flexibility index (Phi) is 6.26. The molecule has 6 rings (SSSR count). The summed E-state index contributed by atoms with van der Waals surface area (Å²) in [6.07, 6.45) is 1.23. The molecule has 9 heteroatoms. The summed E-state index contributed by atoms with van der Waals surface area (Å²) in [6.45, 7) is 4.56. The number of benzene rings is 2. The Labute approximate surface area is 225 Å². The van der Waals surface area contributed by atoms with Crippen LogP contribution in [0.3, 0.4) is 0 Å². The van der Waals surface area contributed by atoms with Crippen LogP contribution >= 0.6 is 0 Å². The van der Waals surface area contributed by atoms with E-state index in [-0.39, 0.29) is 11.9 Å². The fourth-order valence-corrected chi connectivity index (χ4v) is 5.35. The van der Waals surface area contributed by atoms with Gasteiger partial charge in [0.05, 0.1) is 17.9 Å². The Balaban J connectivity index is 1.18. The summed E-state index contributed by atoms with van der Waals surface area (Å²) >= 11 is 0. The lowest BCUT2D eigenvalue weighted by atomic mass is 10.0. The molecule has 2 aliphatic heterocycles. The second-order valence-corrected chi connectivity index (χ2v) is 9.88. The Hall–Kier alpha value is -4.66. The Morgan fingerprint density at radius 3 is 2.64 bits per heavy atom. The van der Waals surface area contributed by atoms with E-state index in [9.17, 15) is 14.0 Å². The molecule has 1 atom stereocenters. The molecule has 1 fully saturated rings. The Morgan fingerprint density at radius 1 is 1.05 bits per heavy atom. The summed E-state index contributed by atoms with van der Waals surface area (Å²) in [6, 6.07) is 20.2. The maximum absolute atomic E-state index is 13.3. The standard InChI is InChI=1S/C30H28FN5O3/c1-19-14-24(20-6-4-3-5-7-20)28(34(19)2)29(37)30(38)33-22-9-10-25-26(15-22)39-18-23-17-35(12-13-36(23)25)27-11-8-21(31)16-32-27/h3-11,14-16,23H,12-13,17-18H2,1-2H3,(H,33,38)/t23-/m1/s1. The smallest absolute Gasteiger partial charge is 0.298 e. The molecule has 0 unspecified atom stereocenters. The largest absolute Gasteiger partial charge is 0.489 e. The second kappa shape index (κ2) is 9.90. The first-order valence-corrected chi connectivity index (χ1v) is 12.9. The third kappa shape index (κ3) is 4.60. The van der Waals surface area contributed by atoms with E-state index in [1.165, 1.54) is 12.3 Å². The maximum atomic E-state index is 13.3. The molecule has 8 nitrogen and oxygen atoms in total. The number of nitrogens with zero attached hydrogens (tertiary/aromatic N) is 4. The first-order valence-electron chi connectivity index (χ1n) is 12.9. The molecular formula is C30H28FN5O3. The monoisotopic (exact) mass is 525 g/mol. The first kappa shape index (κ1) is 24.7. The zero-order valence-corrected chi connectivity index (χ0v) is 21.7. The number of carbonyl (C=O) groups is 2. The summed E-state index contributed by atoms with van der Waals surface area (Å²) in [5.74, 6) is -0.263. The van der Waals surface area contributed by atoms with Crippen LogP contribution in [0.15, 0.2) is 72.9 Å². The van der Waals surface area contributed by atoms with E-state index < -0.39 is 11.7 Å². The lowest BCUT2D eigenvalue weighted by molar-refractivity contribution is -0.112. The van der Waals surface area contributed by atoms with Gasteiger partial charge in [-0.05, 0) is 42.8 Å². The van der Waals surface area contributed by atoms with Crippen molar-refractivity contribution in [2.24, 2.45) is 7.05 Å². The van der Waals surface area contributed by atoms with Crippen molar-refractivity contribution >= 4 is 28.9 Å². The number of amides is 1. The molecule has 39 heavy (non-hydrogen) atoms. The SMILES string of the molecule is Cc1cc(-c2ccccc2)c(C(=O)C(=O)Nc2ccc3c(c2)OC[C@H]2CN(c4ccc(F)cn4)CCN32)n1C. The normalized spacial score (nSPS) is 16.2. The number of rotatable bonds is 5. The third-order valence-corrected chi connectivity index (χ3v) is 7.46. The molecule has 0 radical (unpaired) electrons. The van der Waals surface area contributed by atoms with E-state index in [0.717, 1.165) is 41.4 Å². The molecular weight excluding hydrogens is 497 g/mol. The summed E-state index contributed by atoms with van der Waals surface area (Å²) in [5.41, 5.74) is 4.27. The molecule has 1 saturated heterocycles. The fraction of sp³-hybridized carbons (Fsp3) is 0.233. The van der Waals surface area contributed by atoms with Gasteiger partial charge in [0, 0.05) is 49.7 Å². The van der Waals surface area contributed by atoms with Crippen molar-refractivity contribution in [2.75, 3.05) is 41.4 Å². The first-order chi connectivity index (χ1) is 18.9. The number of ether oxygens (including phenoxy) is 1. The van der Waals surface area contributed by atoms with Crippen LogP contribution in [0.2, 0.25) is 0 Å². The number of ketones is 1. The van der Waals surface area contributed by atoms with E-state index in [0.29, 0.717) is 30.3 Å². The van der Waals surface area contributed by atoms with Gasteiger partial charge in [0.2, 0.25) is 0 Å². The number of pyridine rings is 1. The van der Waals surface area contributed by atoms with Gasteiger partial charge in [0.15, 0.2) is 0 Å². The third-order valence-electron chi connectivity index (χ3n) is 7.46. The summed E-state index contributed by atoms with van der Waals surface area (Å²) in [7, 11) is 1.79. The molecule has 4 heterocycles. The van der Waals surface area contributed by atoms with Gasteiger partial charge in [-0.25, -0.2) is 9.37 Å². The molecule has 0 saturated carbocycles. The van der Waals surface area contributed by atoms with Gasteiger partial charge < -0.3 is 24.4 Å². The number of aryl methyl sites for hydroxylation is 1. The van der Waals surface area contributed by atoms with Crippen molar-refractivity contribution in [2.45, 2.75) is 13.0 Å². The number of piperazine rings is 1. The van der Waals surface area contributed by atoms with Crippen molar-refractivity contribution in [3.63, 3.8) is 0 Å². The van der Waals surface area contributed by atoms with E-state index >= 15 is 0 Å². The predicted octanol–water partition coefficient (Wildman–Crippen LogP) is 4.44. The number of hydrogen-bond acceptors (Lipinski definition) is 6. The highest BCUT2D eigenvalue weighted by molar-refractivity contribution is 6.47. The van der Waals surface area contributed by atoms with Crippen molar-refractivity contribution < 1.29 is 18.7 Å². The summed E-state index contributed by atoms with van der Waals surface area (Å²) in [4.78, 5) is 35.0. The van der Waals surface area contributed by atoms with Gasteiger partial charge in [-0.2, -0.15) is 0 Å². The van der Waals surface area contributed by atoms with Crippen LogP contribution in [0.5, 0.6) is 5.75 Å². The second-order valence-electron chi connectivity index (χ2n) is 9.88. The minimum absolute atomic E-state index is 0.108. The van der Waals surface area contributed by atoms with Crippen LogP contribution in [-0.4, -0.2) is 53.5 Å². The average Bonchev–Trinajstić information content (AvgIpc) is 3.26. The summed E-state index contributed by atoms with van der Waals surface area (Å²) in [5, 5.41) is 2.76. The predicted molar refractivity (Wildman–Crippen MR) is 148 cm³/mol. The lowest BCUT2D eigenvalue weighted by Gasteiger charge is -2.46. The number of anilines is 3. The number of Topliss-reactive ketones (excluding diaryl/α,β-unsaturated/α-hetero) is 1. The van der Waals surface area contributed by atoms with E-state index in [4.69, 9.17) is 4.74 Å². The van der Waals surface area contributed by atoms with E-state index in [2.05, 4.69) is 20.1 Å². The van der Waals surface area contributed by atoms with Gasteiger partial charge in [-0.3, -0.25) is 9.59 Å². The molecule has 1 N–H and O–H groups in total. The van der Waals surface area contributed by atoms with Crippen LogP contribution < -0.4 is 19.9 Å². The maximum Gasteiger partial charge on any atom is 0.298 e. The average molecular weight is 526 g/mol. The van der Waals surface area contributed by atoms with Gasteiger partial charge in [0.1, 0.15) is 29.7 Å². The van der Waals surface area contributed by atoms with E-state index in [1.807, 2.05) is 49.4 Å². The number of aromatic nitrogens is 2. The zero-order valence-electron chi connectivity index (χ0n) is 21.7. The van der Waals surface area contributed by atoms with Crippen LogP contribution in [0.25, 0.3) is 11.1 Å². The lowest BCUT2D eigenvalue weighted by Crippen LogP contribution is -2.57. The molecule has 0 bridgehead atoms. The molecule has 0 spiro atoms. The van der Waals surface area contributed by atoms with Crippen molar-refractivity contribution in [1.29, 1.82) is 0 Å². The van der Waals surface area contributed by atoms with Gasteiger partial charge in [-0.15, -0.1) is 0 Å². The van der Waals surface area contributed by atoms with Crippen LogP contribution in [0, 0.1) is 12.7 Å². The highest BCUT2D eigenvalue weighted by atomic mass is 19.1. The number of halogens is 1. The van der Waals surface area contributed by atoms with Crippen molar-refractivity contribution in [3.8, 4) is 16.9 Å². The molecule has 2 aliphatic rings. The minimum atomic E-state index is -0.706. The molecule has 0 aliphatic carbocycles.